The van der Waals surface area contributed by atoms with E-state index in [-0.39, 0.29) is 17.7 Å². The molecule has 3 N–H and O–H groups in total. The fourth-order valence-corrected chi connectivity index (χ4v) is 3.59. The number of aromatic nitrogens is 2. The third-order valence-electron chi connectivity index (χ3n) is 5.61. The predicted octanol–water partition coefficient (Wildman–Crippen LogP) is 4.92. The summed E-state index contributed by atoms with van der Waals surface area (Å²) < 4.78 is 1.41. The molecule has 0 radical (unpaired) electrons. The molecule has 0 atom stereocenters. The van der Waals surface area contributed by atoms with E-state index < -0.39 is 0 Å². The first kappa shape index (κ1) is 21.6. The van der Waals surface area contributed by atoms with Crippen LogP contribution in [-0.4, -0.2) is 33.4 Å². The predicted molar refractivity (Wildman–Crippen MR) is 124 cm³/mol. The zero-order chi connectivity index (χ0) is 22.7. The Morgan fingerprint density at radius 3 is 2.47 bits per heavy atom. The highest BCUT2D eigenvalue weighted by atomic mass is 16.3. The van der Waals surface area contributed by atoms with Crippen LogP contribution in [0.25, 0.3) is 11.3 Å². The molecule has 1 aliphatic carbocycles. The van der Waals surface area contributed by atoms with Crippen molar-refractivity contribution >= 4 is 17.6 Å². The third-order valence-corrected chi connectivity index (χ3v) is 5.61. The maximum absolute atomic E-state index is 12.5. The van der Waals surface area contributed by atoms with Crippen LogP contribution in [0.3, 0.4) is 0 Å². The van der Waals surface area contributed by atoms with E-state index in [2.05, 4.69) is 22.7 Å². The maximum Gasteiger partial charge on any atom is 0.342 e. The molecule has 0 aliphatic heterocycles. The second-order valence-electron chi connectivity index (χ2n) is 8.11. The van der Waals surface area contributed by atoms with Crippen molar-refractivity contribution in [1.82, 2.24) is 15.1 Å². The Hall–Kier alpha value is -3.61. The van der Waals surface area contributed by atoms with Gasteiger partial charge in [-0.05, 0) is 61.6 Å². The van der Waals surface area contributed by atoms with Crippen LogP contribution in [-0.2, 0) is 6.42 Å². The number of nitrogens with zero attached hydrogens (tertiary/aromatic N) is 2. The van der Waals surface area contributed by atoms with Gasteiger partial charge in [0.25, 0.3) is 5.91 Å². The van der Waals surface area contributed by atoms with Crippen LogP contribution in [0, 0.1) is 0 Å². The van der Waals surface area contributed by atoms with Gasteiger partial charge in [0, 0.05) is 35.3 Å². The zero-order valence-electron chi connectivity index (χ0n) is 18.4. The molecule has 0 spiro atoms. The van der Waals surface area contributed by atoms with Gasteiger partial charge in [0.05, 0.1) is 11.4 Å². The van der Waals surface area contributed by atoms with E-state index in [0.29, 0.717) is 35.0 Å². The number of carbonyl (C=O) groups is 2. The number of amides is 2. The third kappa shape index (κ3) is 4.66. The van der Waals surface area contributed by atoms with Crippen LogP contribution in [0.4, 0.5) is 10.5 Å². The second-order valence-corrected chi connectivity index (χ2v) is 8.11. The van der Waals surface area contributed by atoms with Crippen molar-refractivity contribution in [3.8, 4) is 17.0 Å². The van der Waals surface area contributed by atoms with Crippen LogP contribution < -0.4 is 10.6 Å². The van der Waals surface area contributed by atoms with E-state index in [4.69, 9.17) is 0 Å². The first-order valence-corrected chi connectivity index (χ1v) is 11.1. The normalized spacial score (nSPS) is 13.1. The molecular formula is C25H28N4O3. The maximum atomic E-state index is 12.5. The van der Waals surface area contributed by atoms with Gasteiger partial charge in [-0.1, -0.05) is 26.0 Å². The monoisotopic (exact) mass is 432 g/mol. The molecular weight excluding hydrogens is 404 g/mol. The quantitative estimate of drug-likeness (QED) is 0.494. The molecule has 1 heterocycles. The molecule has 2 amide bonds. The van der Waals surface area contributed by atoms with E-state index in [0.717, 1.165) is 36.9 Å². The summed E-state index contributed by atoms with van der Waals surface area (Å²) in [5.41, 5.74) is 4.11. The lowest BCUT2D eigenvalue weighted by Crippen LogP contribution is -2.31. The number of benzene rings is 2. The fourth-order valence-electron chi connectivity index (χ4n) is 3.59. The topological polar surface area (TPSA) is 96.3 Å². The Morgan fingerprint density at radius 2 is 1.84 bits per heavy atom. The summed E-state index contributed by atoms with van der Waals surface area (Å²) in [6.07, 6.45) is 3.82. The average molecular weight is 433 g/mol. The number of aryl methyl sites for hydroxylation is 1. The van der Waals surface area contributed by atoms with Gasteiger partial charge in [-0.25, -0.2) is 4.79 Å². The first-order valence-electron chi connectivity index (χ1n) is 11.1. The summed E-state index contributed by atoms with van der Waals surface area (Å²) >= 11 is 0. The van der Waals surface area contributed by atoms with Gasteiger partial charge in [-0.2, -0.15) is 9.78 Å². The van der Waals surface area contributed by atoms with Gasteiger partial charge in [0.1, 0.15) is 5.75 Å². The number of phenols is 1. The molecule has 166 valence electrons. The molecule has 7 nitrogen and oxygen atoms in total. The highest BCUT2D eigenvalue weighted by Gasteiger charge is 2.30. The smallest absolute Gasteiger partial charge is 0.342 e. The molecule has 0 saturated heterocycles. The highest BCUT2D eigenvalue weighted by molar-refractivity contribution is 6.04. The lowest BCUT2D eigenvalue weighted by Gasteiger charge is -2.08. The van der Waals surface area contributed by atoms with Crippen molar-refractivity contribution in [2.45, 2.75) is 45.4 Å². The largest absolute Gasteiger partial charge is 0.507 e. The summed E-state index contributed by atoms with van der Waals surface area (Å²) in [6, 6.07) is 14.0. The van der Waals surface area contributed by atoms with Crippen molar-refractivity contribution in [3.05, 3.63) is 65.4 Å². The zero-order valence-corrected chi connectivity index (χ0v) is 18.4. The van der Waals surface area contributed by atoms with Gasteiger partial charge in [-0.15, -0.1) is 0 Å². The van der Waals surface area contributed by atoms with Crippen molar-refractivity contribution in [3.63, 3.8) is 0 Å². The summed E-state index contributed by atoms with van der Waals surface area (Å²) in [6.45, 7) is 4.64. The lowest BCUT2D eigenvalue weighted by molar-refractivity contribution is 0.102. The minimum Gasteiger partial charge on any atom is -0.507 e. The number of anilines is 1. The highest BCUT2D eigenvalue weighted by Crippen LogP contribution is 2.42. The molecule has 0 bridgehead atoms. The molecule has 1 fully saturated rings. The number of carbonyl (C=O) groups excluding carboxylic acids is 2. The Morgan fingerprint density at radius 1 is 1.09 bits per heavy atom. The van der Waals surface area contributed by atoms with E-state index in [1.54, 1.807) is 24.3 Å². The molecule has 3 aromatic rings. The molecule has 1 saturated carbocycles. The Labute approximate surface area is 187 Å². The summed E-state index contributed by atoms with van der Waals surface area (Å²) in [5.74, 6) is 0.0706. The van der Waals surface area contributed by atoms with Crippen molar-refractivity contribution in [2.24, 2.45) is 0 Å². The Balaban J connectivity index is 1.54. The van der Waals surface area contributed by atoms with E-state index >= 15 is 0 Å². The summed E-state index contributed by atoms with van der Waals surface area (Å²) in [4.78, 5) is 25.0. The fraction of sp³-hybridized carbons (Fsp3) is 0.320. The number of nitrogens with one attached hydrogen (secondary N) is 2. The van der Waals surface area contributed by atoms with Crippen molar-refractivity contribution < 1.29 is 14.7 Å². The Kier molecular flexibility index (Phi) is 6.25. The van der Waals surface area contributed by atoms with Crippen LogP contribution >= 0.6 is 0 Å². The van der Waals surface area contributed by atoms with Gasteiger partial charge in [0.15, 0.2) is 0 Å². The molecule has 2 aromatic carbocycles. The number of phenolic OH excluding ortho intramolecular Hbond substituents is 1. The molecule has 4 rings (SSSR count). The van der Waals surface area contributed by atoms with Crippen LogP contribution in [0.1, 0.15) is 60.6 Å². The lowest BCUT2D eigenvalue weighted by atomic mass is 10.1. The average Bonchev–Trinajstić information content (AvgIpc) is 3.56. The summed E-state index contributed by atoms with van der Waals surface area (Å²) in [5, 5.41) is 20.8. The van der Waals surface area contributed by atoms with Crippen molar-refractivity contribution in [1.29, 1.82) is 0 Å². The SMILES string of the molecule is CCCNC(=O)n1nc(-c2ccc(NC(=O)c3ccc(CC)cc3)cc2O)cc1C1CC1. The number of hydrogen-bond donors (Lipinski definition) is 3. The number of rotatable bonds is 7. The number of aromatic hydroxyl groups is 1. The van der Waals surface area contributed by atoms with Gasteiger partial charge >= 0.3 is 6.03 Å². The van der Waals surface area contributed by atoms with Gasteiger partial charge in [0.2, 0.25) is 0 Å². The standard InChI is InChI=1S/C25H28N4O3/c1-3-13-26-25(32)29-22(17-9-10-17)15-21(28-29)20-12-11-19(14-23(20)30)27-24(31)18-7-5-16(4-2)6-8-18/h5-8,11-12,14-15,17,30H,3-4,9-10,13H2,1-2H3,(H,26,32)(H,27,31). The second kappa shape index (κ2) is 9.26. The van der Waals surface area contributed by atoms with Crippen molar-refractivity contribution in [2.75, 3.05) is 11.9 Å². The Bertz CT molecular complexity index is 1130. The minimum atomic E-state index is -0.252. The molecule has 32 heavy (non-hydrogen) atoms. The van der Waals surface area contributed by atoms with E-state index in [1.807, 2.05) is 25.1 Å². The molecule has 0 unspecified atom stereocenters. The molecule has 7 heteroatoms. The van der Waals surface area contributed by atoms with E-state index in [1.165, 1.54) is 10.7 Å². The molecule has 1 aromatic heterocycles. The van der Waals surface area contributed by atoms with Gasteiger partial charge < -0.3 is 15.7 Å². The molecule has 1 aliphatic rings. The van der Waals surface area contributed by atoms with Crippen LogP contribution in [0.15, 0.2) is 48.5 Å². The van der Waals surface area contributed by atoms with Crippen LogP contribution in [0.5, 0.6) is 5.75 Å². The first-order chi connectivity index (χ1) is 15.5. The van der Waals surface area contributed by atoms with E-state index in [9.17, 15) is 14.7 Å². The summed E-state index contributed by atoms with van der Waals surface area (Å²) in [7, 11) is 0. The minimum absolute atomic E-state index is 0.00917. The number of hydrogen-bond acceptors (Lipinski definition) is 4. The van der Waals surface area contributed by atoms with Crippen LogP contribution in [0.2, 0.25) is 0 Å². The van der Waals surface area contributed by atoms with Gasteiger partial charge in [-0.3, -0.25) is 4.79 Å².